The zero-order valence-electron chi connectivity index (χ0n) is 13.3. The fourth-order valence-corrected chi connectivity index (χ4v) is 2.33. The Bertz CT molecular complexity index is 677. The van der Waals surface area contributed by atoms with E-state index >= 15 is 0 Å². The Kier molecular flexibility index (Phi) is 5.71. The lowest BCUT2D eigenvalue weighted by Gasteiger charge is -2.20. The number of anilines is 1. The minimum absolute atomic E-state index is 0.292. The summed E-state index contributed by atoms with van der Waals surface area (Å²) in [5.74, 6) is 0.566. The van der Waals surface area contributed by atoms with Crippen molar-refractivity contribution in [3.63, 3.8) is 0 Å². The summed E-state index contributed by atoms with van der Waals surface area (Å²) in [6, 6.07) is 12.7. The Balaban J connectivity index is 2.21. The summed E-state index contributed by atoms with van der Waals surface area (Å²) >= 11 is 6.19. The molecule has 23 heavy (non-hydrogen) atoms. The van der Waals surface area contributed by atoms with Crippen LogP contribution in [0.2, 0.25) is 5.02 Å². The number of benzene rings is 2. The minimum Gasteiger partial charge on any atom is -0.493 e. The Hall–Kier alpha value is -2.40. The monoisotopic (exact) mass is 334 g/mol. The molecule has 0 saturated heterocycles. The highest BCUT2D eigenvalue weighted by Crippen LogP contribution is 2.36. The molecule has 0 aromatic heterocycles. The first-order valence-electron chi connectivity index (χ1n) is 7.17. The van der Waals surface area contributed by atoms with Crippen LogP contribution in [0, 0.1) is 0 Å². The molecular formula is C17H19ClN2O3. The van der Waals surface area contributed by atoms with Crippen molar-refractivity contribution in [3.05, 3.63) is 53.1 Å². The van der Waals surface area contributed by atoms with Crippen LogP contribution < -0.4 is 19.9 Å². The lowest BCUT2D eigenvalue weighted by Crippen LogP contribution is -2.39. The summed E-state index contributed by atoms with van der Waals surface area (Å²) in [7, 11) is 3.27. The predicted molar refractivity (Wildman–Crippen MR) is 91.5 cm³/mol. The molecule has 0 atom stereocenters. The van der Waals surface area contributed by atoms with Gasteiger partial charge in [-0.3, -0.25) is 15.2 Å². The lowest BCUT2D eigenvalue weighted by molar-refractivity contribution is 0.0951. The molecule has 0 aliphatic rings. The van der Waals surface area contributed by atoms with Gasteiger partial charge in [0.05, 0.1) is 24.4 Å². The van der Waals surface area contributed by atoms with Gasteiger partial charge in [-0.15, -0.1) is 0 Å². The number of ether oxygens (including phenoxy) is 2. The number of para-hydroxylation sites is 1. The van der Waals surface area contributed by atoms with Crippen LogP contribution in [0.5, 0.6) is 11.5 Å². The summed E-state index contributed by atoms with van der Waals surface area (Å²) in [6.45, 7) is 2.31. The van der Waals surface area contributed by atoms with Gasteiger partial charge < -0.3 is 9.47 Å². The summed E-state index contributed by atoms with van der Waals surface area (Å²) in [5.41, 5.74) is 4.03. The first-order chi connectivity index (χ1) is 11.1. The SMILES string of the molecule is CCOc1c(Cl)cc(C(=O)NN(C)c2ccccc2)cc1OC. The van der Waals surface area contributed by atoms with Crippen LogP contribution in [0.1, 0.15) is 17.3 Å². The molecule has 0 spiro atoms. The van der Waals surface area contributed by atoms with Crippen molar-refractivity contribution in [1.29, 1.82) is 0 Å². The third kappa shape index (κ3) is 4.07. The molecule has 5 nitrogen and oxygen atoms in total. The maximum Gasteiger partial charge on any atom is 0.269 e. The molecule has 1 amide bonds. The number of nitrogens with one attached hydrogen (secondary N) is 1. The number of nitrogens with zero attached hydrogens (tertiary/aromatic N) is 1. The van der Waals surface area contributed by atoms with Gasteiger partial charge in [-0.05, 0) is 31.2 Å². The van der Waals surface area contributed by atoms with Crippen LogP contribution in [0.3, 0.4) is 0 Å². The highest BCUT2D eigenvalue weighted by atomic mass is 35.5. The third-order valence-electron chi connectivity index (χ3n) is 3.19. The average Bonchev–Trinajstić information content (AvgIpc) is 2.57. The van der Waals surface area contributed by atoms with Gasteiger partial charge in [-0.25, -0.2) is 0 Å². The van der Waals surface area contributed by atoms with Gasteiger partial charge in [0.2, 0.25) is 0 Å². The average molecular weight is 335 g/mol. The van der Waals surface area contributed by atoms with Gasteiger partial charge in [0.1, 0.15) is 0 Å². The quantitative estimate of drug-likeness (QED) is 0.821. The Labute approximate surface area is 140 Å². The van der Waals surface area contributed by atoms with E-state index in [9.17, 15) is 4.79 Å². The number of carbonyl (C=O) groups excluding carboxylic acids is 1. The highest BCUT2D eigenvalue weighted by Gasteiger charge is 2.16. The van der Waals surface area contributed by atoms with Crippen LogP contribution in [-0.4, -0.2) is 26.7 Å². The van der Waals surface area contributed by atoms with Crippen molar-refractivity contribution in [2.75, 3.05) is 25.8 Å². The van der Waals surface area contributed by atoms with E-state index in [-0.39, 0.29) is 5.91 Å². The molecule has 0 aliphatic carbocycles. The summed E-state index contributed by atoms with van der Waals surface area (Å²) < 4.78 is 10.7. The number of halogens is 1. The molecule has 0 heterocycles. The van der Waals surface area contributed by atoms with Gasteiger partial charge in [0, 0.05) is 12.6 Å². The van der Waals surface area contributed by atoms with E-state index in [1.807, 2.05) is 37.3 Å². The molecule has 2 aromatic carbocycles. The van der Waals surface area contributed by atoms with Crippen LogP contribution >= 0.6 is 11.6 Å². The van der Waals surface area contributed by atoms with Gasteiger partial charge in [0.15, 0.2) is 11.5 Å². The molecular weight excluding hydrogens is 316 g/mol. The van der Waals surface area contributed by atoms with Gasteiger partial charge in [0.25, 0.3) is 5.91 Å². The topological polar surface area (TPSA) is 50.8 Å². The number of methoxy groups -OCH3 is 1. The van der Waals surface area contributed by atoms with E-state index in [2.05, 4.69) is 5.43 Å². The molecule has 0 bridgehead atoms. The van der Waals surface area contributed by atoms with Crippen molar-refractivity contribution >= 4 is 23.2 Å². The molecule has 0 saturated carbocycles. The molecule has 0 aliphatic heterocycles. The third-order valence-corrected chi connectivity index (χ3v) is 3.47. The molecule has 2 rings (SSSR count). The number of carbonyl (C=O) groups is 1. The second kappa shape index (κ2) is 7.74. The van der Waals surface area contributed by atoms with E-state index in [1.165, 1.54) is 7.11 Å². The lowest BCUT2D eigenvalue weighted by atomic mass is 10.2. The zero-order valence-corrected chi connectivity index (χ0v) is 14.1. The molecule has 0 unspecified atom stereocenters. The molecule has 0 fully saturated rings. The normalized spacial score (nSPS) is 10.1. The maximum atomic E-state index is 12.4. The van der Waals surface area contributed by atoms with Crippen LogP contribution in [-0.2, 0) is 0 Å². The van der Waals surface area contributed by atoms with E-state index in [0.29, 0.717) is 28.7 Å². The Morgan fingerprint density at radius 2 is 1.96 bits per heavy atom. The van der Waals surface area contributed by atoms with E-state index in [0.717, 1.165) is 5.69 Å². The Morgan fingerprint density at radius 3 is 2.57 bits per heavy atom. The van der Waals surface area contributed by atoms with E-state index in [1.54, 1.807) is 24.2 Å². The standard InChI is InChI=1S/C17H19ClN2O3/c1-4-23-16-14(18)10-12(11-15(16)22-3)17(21)19-20(2)13-8-6-5-7-9-13/h5-11H,4H2,1-3H3,(H,19,21). The minimum atomic E-state index is -0.292. The first kappa shape index (κ1) is 17.0. The van der Waals surface area contributed by atoms with Crippen LogP contribution in [0.25, 0.3) is 0 Å². The van der Waals surface area contributed by atoms with Crippen LogP contribution in [0.15, 0.2) is 42.5 Å². The summed E-state index contributed by atoms with van der Waals surface area (Å²) in [5, 5.41) is 1.97. The number of hydrogen-bond donors (Lipinski definition) is 1. The largest absolute Gasteiger partial charge is 0.493 e. The first-order valence-corrected chi connectivity index (χ1v) is 7.54. The van der Waals surface area contributed by atoms with Gasteiger partial charge in [-0.1, -0.05) is 29.8 Å². The predicted octanol–water partition coefficient (Wildman–Crippen LogP) is 3.53. The van der Waals surface area contributed by atoms with E-state index < -0.39 is 0 Å². The second-order valence-electron chi connectivity index (χ2n) is 4.76. The zero-order chi connectivity index (χ0) is 16.8. The fourth-order valence-electron chi connectivity index (χ4n) is 2.07. The maximum absolute atomic E-state index is 12.4. The molecule has 122 valence electrons. The van der Waals surface area contributed by atoms with Crippen molar-refractivity contribution in [2.45, 2.75) is 6.92 Å². The molecule has 1 N–H and O–H groups in total. The van der Waals surface area contributed by atoms with Gasteiger partial charge >= 0.3 is 0 Å². The number of amides is 1. The van der Waals surface area contributed by atoms with E-state index in [4.69, 9.17) is 21.1 Å². The van der Waals surface area contributed by atoms with Crippen LogP contribution in [0.4, 0.5) is 5.69 Å². The van der Waals surface area contributed by atoms with Crippen molar-refractivity contribution in [2.24, 2.45) is 0 Å². The van der Waals surface area contributed by atoms with Crippen molar-refractivity contribution < 1.29 is 14.3 Å². The number of hydrogen-bond acceptors (Lipinski definition) is 4. The summed E-state index contributed by atoms with van der Waals surface area (Å²) in [4.78, 5) is 12.4. The molecule has 0 radical (unpaired) electrons. The molecule has 6 heteroatoms. The highest BCUT2D eigenvalue weighted by molar-refractivity contribution is 6.32. The fraction of sp³-hybridized carbons (Fsp3) is 0.235. The summed E-state index contributed by atoms with van der Waals surface area (Å²) in [6.07, 6.45) is 0. The molecule has 2 aromatic rings. The van der Waals surface area contributed by atoms with Gasteiger partial charge in [-0.2, -0.15) is 0 Å². The smallest absolute Gasteiger partial charge is 0.269 e. The van der Waals surface area contributed by atoms with Crippen molar-refractivity contribution in [1.82, 2.24) is 5.43 Å². The Morgan fingerprint density at radius 1 is 1.26 bits per heavy atom. The van der Waals surface area contributed by atoms with Crippen molar-refractivity contribution in [3.8, 4) is 11.5 Å². The second-order valence-corrected chi connectivity index (χ2v) is 5.17. The number of rotatable bonds is 6. The number of hydrazine groups is 1.